The van der Waals surface area contributed by atoms with Crippen LogP contribution >= 0.6 is 0 Å². The van der Waals surface area contributed by atoms with E-state index in [9.17, 15) is 19.5 Å². The molecule has 1 fully saturated rings. The number of carboxylic acids is 1. The second kappa shape index (κ2) is 9.68. The maximum atomic E-state index is 12.5. The molecule has 168 valence electrons. The number of benzene rings is 2. The summed E-state index contributed by atoms with van der Waals surface area (Å²) in [6, 6.07) is 13.7. The number of carboxylic acid groups (broad SMARTS) is 1. The minimum atomic E-state index is -0.738. The van der Waals surface area contributed by atoms with Crippen molar-refractivity contribution < 1.29 is 19.5 Å². The molecule has 2 aromatic rings. The van der Waals surface area contributed by atoms with Crippen LogP contribution in [0.25, 0.3) is 0 Å². The van der Waals surface area contributed by atoms with Crippen LogP contribution in [0.4, 0.5) is 5.69 Å². The number of anilines is 1. The summed E-state index contributed by atoms with van der Waals surface area (Å²) in [5.41, 5.74) is 4.00. The van der Waals surface area contributed by atoms with Gasteiger partial charge in [-0.25, -0.2) is 0 Å². The van der Waals surface area contributed by atoms with Gasteiger partial charge in [0.1, 0.15) is 6.29 Å². The second-order valence-corrected chi connectivity index (χ2v) is 9.16. The maximum Gasteiger partial charge on any atom is 0.314 e. The number of fused-ring (bicyclic) bond motifs is 1. The lowest BCUT2D eigenvalue weighted by molar-refractivity contribution is -0.145. The van der Waals surface area contributed by atoms with Crippen LogP contribution in [0.1, 0.15) is 78.4 Å². The Kier molecular flexibility index (Phi) is 6.73. The summed E-state index contributed by atoms with van der Waals surface area (Å²) in [6.07, 6.45) is 9.15. The smallest absolute Gasteiger partial charge is 0.314 e. The van der Waals surface area contributed by atoms with Gasteiger partial charge in [0.2, 0.25) is 5.91 Å². The third-order valence-electron chi connectivity index (χ3n) is 7.13. The summed E-state index contributed by atoms with van der Waals surface area (Å²) < 4.78 is 0. The van der Waals surface area contributed by atoms with E-state index in [1.807, 2.05) is 29.2 Å². The van der Waals surface area contributed by atoms with E-state index in [1.165, 1.54) is 0 Å². The molecule has 1 aliphatic carbocycles. The minimum Gasteiger partial charge on any atom is -0.481 e. The normalized spacial score (nSPS) is 17.6. The topological polar surface area (TPSA) is 74.7 Å². The van der Waals surface area contributed by atoms with Gasteiger partial charge in [-0.2, -0.15) is 0 Å². The van der Waals surface area contributed by atoms with Gasteiger partial charge in [0.15, 0.2) is 0 Å². The number of aldehydes is 1. The molecule has 4 rings (SSSR count). The van der Waals surface area contributed by atoms with Gasteiger partial charge in [-0.3, -0.25) is 14.4 Å². The van der Waals surface area contributed by atoms with Crippen molar-refractivity contribution in [1.29, 1.82) is 0 Å². The zero-order valence-corrected chi connectivity index (χ0v) is 18.5. The fourth-order valence-corrected chi connectivity index (χ4v) is 5.30. The highest BCUT2D eigenvalue weighted by atomic mass is 16.4. The molecule has 0 bridgehead atoms. The Balaban J connectivity index is 1.39. The van der Waals surface area contributed by atoms with Crippen LogP contribution in [0, 0.1) is 0 Å². The number of aryl methyl sites for hydroxylation is 2. The molecule has 1 N–H and O–H groups in total. The lowest BCUT2D eigenvalue weighted by atomic mass is 9.69. The molecule has 32 heavy (non-hydrogen) atoms. The maximum absolute atomic E-state index is 12.5. The molecule has 2 aliphatic rings. The van der Waals surface area contributed by atoms with Gasteiger partial charge >= 0.3 is 5.97 Å². The van der Waals surface area contributed by atoms with Gasteiger partial charge in [-0.15, -0.1) is 0 Å². The molecule has 2 aromatic carbocycles. The average Bonchev–Trinajstić information content (AvgIpc) is 2.83. The largest absolute Gasteiger partial charge is 0.481 e. The van der Waals surface area contributed by atoms with Crippen LogP contribution in [0.15, 0.2) is 42.5 Å². The highest BCUT2D eigenvalue weighted by Crippen LogP contribution is 2.40. The zero-order valence-electron chi connectivity index (χ0n) is 18.5. The van der Waals surface area contributed by atoms with Crippen molar-refractivity contribution in [2.24, 2.45) is 0 Å². The SMILES string of the molecule is O=Cc1ccc2c(c1)CCC(=O)N2CCCCc1cccc(C2(C(=O)O)CCCCC2)c1. The molecule has 1 aliphatic heterocycles. The lowest BCUT2D eigenvalue weighted by Crippen LogP contribution is -2.37. The van der Waals surface area contributed by atoms with E-state index in [-0.39, 0.29) is 5.91 Å². The Morgan fingerprint density at radius 3 is 2.59 bits per heavy atom. The predicted molar refractivity (Wildman–Crippen MR) is 124 cm³/mol. The number of rotatable bonds is 8. The van der Waals surface area contributed by atoms with Crippen LogP contribution in [0.2, 0.25) is 0 Å². The standard InChI is InChI=1S/C27H31NO4/c29-19-21-10-12-24-22(17-21)11-13-25(30)28(24)16-5-2-7-20-8-6-9-23(18-20)27(26(31)32)14-3-1-4-15-27/h6,8-10,12,17-19H,1-5,7,11,13-16H2,(H,31,32). The number of aliphatic carboxylic acids is 1. The lowest BCUT2D eigenvalue weighted by Gasteiger charge is -2.34. The third kappa shape index (κ3) is 4.47. The molecule has 5 nitrogen and oxygen atoms in total. The first-order valence-corrected chi connectivity index (χ1v) is 11.7. The number of carbonyl (C=O) groups is 3. The van der Waals surface area contributed by atoms with Crippen molar-refractivity contribution in [2.45, 2.75) is 69.6 Å². The van der Waals surface area contributed by atoms with E-state index in [0.717, 1.165) is 67.2 Å². The fraction of sp³-hybridized carbons (Fsp3) is 0.444. The molecule has 5 heteroatoms. The van der Waals surface area contributed by atoms with Crippen LogP contribution in [-0.2, 0) is 27.8 Å². The summed E-state index contributed by atoms with van der Waals surface area (Å²) in [4.78, 5) is 37.5. The monoisotopic (exact) mass is 433 g/mol. The number of hydrogen-bond acceptors (Lipinski definition) is 3. The van der Waals surface area contributed by atoms with E-state index in [2.05, 4.69) is 12.1 Å². The highest BCUT2D eigenvalue weighted by molar-refractivity contribution is 5.97. The van der Waals surface area contributed by atoms with Crippen molar-refractivity contribution in [3.05, 3.63) is 64.7 Å². The van der Waals surface area contributed by atoms with Gasteiger partial charge in [-0.05, 0) is 73.4 Å². The van der Waals surface area contributed by atoms with Crippen molar-refractivity contribution in [1.82, 2.24) is 0 Å². The molecule has 0 unspecified atom stereocenters. The molecule has 1 saturated carbocycles. The first-order valence-electron chi connectivity index (χ1n) is 11.7. The van der Waals surface area contributed by atoms with Crippen molar-refractivity contribution in [2.75, 3.05) is 11.4 Å². The Morgan fingerprint density at radius 1 is 1.03 bits per heavy atom. The van der Waals surface area contributed by atoms with Gasteiger partial charge in [0, 0.05) is 24.2 Å². The van der Waals surface area contributed by atoms with Crippen LogP contribution in [-0.4, -0.2) is 29.8 Å². The first-order chi connectivity index (χ1) is 15.5. The molecule has 0 spiro atoms. The summed E-state index contributed by atoms with van der Waals surface area (Å²) in [5, 5.41) is 9.97. The summed E-state index contributed by atoms with van der Waals surface area (Å²) in [5.74, 6) is -0.562. The van der Waals surface area contributed by atoms with Crippen LogP contribution in [0.5, 0.6) is 0 Å². The third-order valence-corrected chi connectivity index (χ3v) is 7.13. The molecule has 0 radical (unpaired) electrons. The Bertz CT molecular complexity index is 1010. The predicted octanol–water partition coefficient (Wildman–Crippen LogP) is 5.09. The quantitative estimate of drug-likeness (QED) is 0.465. The van der Waals surface area contributed by atoms with E-state index in [1.54, 1.807) is 6.07 Å². The molecule has 0 saturated heterocycles. The minimum absolute atomic E-state index is 0.138. The Morgan fingerprint density at radius 2 is 1.84 bits per heavy atom. The second-order valence-electron chi connectivity index (χ2n) is 9.16. The van der Waals surface area contributed by atoms with E-state index >= 15 is 0 Å². The van der Waals surface area contributed by atoms with Gasteiger partial charge in [0.05, 0.1) is 5.41 Å². The number of hydrogen-bond donors (Lipinski definition) is 1. The fourth-order valence-electron chi connectivity index (χ4n) is 5.30. The van der Waals surface area contributed by atoms with Crippen molar-refractivity contribution in [3.8, 4) is 0 Å². The number of nitrogens with zero attached hydrogens (tertiary/aromatic N) is 1. The van der Waals surface area contributed by atoms with Gasteiger partial charge in [-0.1, -0.05) is 43.5 Å². The highest BCUT2D eigenvalue weighted by Gasteiger charge is 2.41. The van der Waals surface area contributed by atoms with Crippen molar-refractivity contribution in [3.63, 3.8) is 0 Å². The number of amides is 1. The summed E-state index contributed by atoms with van der Waals surface area (Å²) >= 11 is 0. The number of unbranched alkanes of at least 4 members (excludes halogenated alkanes) is 1. The van der Waals surface area contributed by atoms with Crippen molar-refractivity contribution >= 4 is 23.9 Å². The molecular formula is C27H31NO4. The van der Waals surface area contributed by atoms with Gasteiger partial charge < -0.3 is 10.0 Å². The van der Waals surface area contributed by atoms with E-state index < -0.39 is 11.4 Å². The van der Waals surface area contributed by atoms with E-state index in [0.29, 0.717) is 37.8 Å². The Hall–Kier alpha value is -2.95. The molecule has 0 aromatic heterocycles. The van der Waals surface area contributed by atoms with Gasteiger partial charge in [0.25, 0.3) is 0 Å². The summed E-state index contributed by atoms with van der Waals surface area (Å²) in [6.45, 7) is 0.658. The summed E-state index contributed by atoms with van der Waals surface area (Å²) in [7, 11) is 0. The first kappa shape index (κ1) is 22.3. The van der Waals surface area contributed by atoms with E-state index in [4.69, 9.17) is 0 Å². The molecule has 1 amide bonds. The van der Waals surface area contributed by atoms with Crippen LogP contribution in [0.3, 0.4) is 0 Å². The zero-order chi connectivity index (χ0) is 22.6. The number of carbonyl (C=O) groups excluding carboxylic acids is 2. The molecule has 0 atom stereocenters. The molecule has 1 heterocycles. The average molecular weight is 434 g/mol. The van der Waals surface area contributed by atoms with Crippen LogP contribution < -0.4 is 4.90 Å². The molecular weight excluding hydrogens is 402 g/mol. The Labute approximate surface area is 189 Å².